The topological polar surface area (TPSA) is 92.1 Å². The first kappa shape index (κ1) is 82.4. The van der Waals surface area contributed by atoms with Crippen LogP contribution in [0, 0.1) is 0 Å². The molecule has 33 aromatic rings. The molecule has 674 valence electrons. The molecule has 0 aliphatic heterocycles. The molecule has 33 rings (SSSR count). The highest BCUT2D eigenvalue weighted by atomic mass is 32.1. The van der Waals surface area contributed by atoms with Gasteiger partial charge in [0.2, 0.25) is 17.8 Å². The molecule has 145 heavy (non-hydrogen) atoms. The van der Waals surface area contributed by atoms with Crippen LogP contribution >= 0.6 is 68.0 Å². The number of hydrogen-bond donors (Lipinski definition) is 0. The summed E-state index contributed by atoms with van der Waals surface area (Å²) in [6.45, 7) is 0. The Balaban J connectivity index is 0.0000000990. The Hall–Kier alpha value is -17.4. The standard InChI is InChI=1S/2C44H25N3S2.C42H23N3S2/c1-2-13-26(14-3-1)27-15-12-16-28(25-27)40-39-33-21-8-11-24-36(33)49-43(39)46-44(45-40)47-34-22-9-6-19-31(34)37-38-32-20-7-10-23-35(32)48-42(38)30-18-5-4-17-29(30)41(37)47;1-2-12-26(13-3-1)27-22-24-28(25-23-27)40-39-33-18-8-11-21-36(33)49-43(39)46-44(45-40)47-34-19-9-6-16-31(34)37-38-32-17-7-10-20-35(32)48-42(38)30-15-5-4-14-29(30)41(37)47;1-2-14-25-24(12-1)13-11-20-26(25)38-37-31-19-7-10-23-34(31)47-41(37)44-42(43-38)45-32-21-8-5-17-29(32)35-36-30-18-6-9-22-33(30)46-40(36)28-16-4-3-15-27(28)39(35)45/h2*1-25H;1-23H. The van der Waals surface area contributed by atoms with Crippen LogP contribution in [0.15, 0.2) is 443 Å². The van der Waals surface area contributed by atoms with E-state index in [1.807, 2.05) is 34.0 Å². The van der Waals surface area contributed by atoms with Gasteiger partial charge in [-0.15, -0.1) is 68.0 Å². The van der Waals surface area contributed by atoms with Crippen LogP contribution in [0.4, 0.5) is 0 Å². The molecular formula is C130H73N9S6. The van der Waals surface area contributed by atoms with Crippen molar-refractivity contribution in [3.8, 4) is 73.9 Å². The fourth-order valence-electron chi connectivity index (χ4n) is 23.1. The lowest BCUT2D eigenvalue weighted by atomic mass is 9.99. The number of fused-ring (bicyclic) bond motifs is 40. The number of aromatic nitrogens is 9. The van der Waals surface area contributed by atoms with E-state index >= 15 is 0 Å². The van der Waals surface area contributed by atoms with Gasteiger partial charge in [-0.05, 0) is 93.7 Å². The molecule has 15 heteroatoms. The van der Waals surface area contributed by atoms with E-state index in [9.17, 15) is 0 Å². The van der Waals surface area contributed by atoms with Crippen LogP contribution in [-0.2, 0) is 0 Å². The predicted octanol–water partition coefficient (Wildman–Crippen LogP) is 37.9. The molecule has 0 unspecified atom stereocenters. The number of nitrogens with zero attached hydrogens (tertiary/aromatic N) is 9. The molecule has 12 heterocycles. The van der Waals surface area contributed by atoms with E-state index in [0.29, 0.717) is 17.8 Å². The maximum Gasteiger partial charge on any atom is 0.236 e. The van der Waals surface area contributed by atoms with E-state index in [2.05, 4.69) is 457 Å². The summed E-state index contributed by atoms with van der Waals surface area (Å²) in [5.41, 5.74) is 17.7. The SMILES string of the molecule is c1ccc(-c2ccc(-c3nc(-n4c5ccccc5c5c6c7ccccc7sc6c6ccccc6c54)nc4sc5ccccc5c34)cc2)cc1.c1ccc(-c2cccc(-c3nc(-n4c5ccccc5c5c6c7ccccc7sc6c6ccccc6c54)nc4sc5ccccc5c34)c2)cc1.c1ccc2c(-c3nc(-n4c5ccccc5c5c6c7ccccc7sc6c6ccccc6c54)nc4sc5ccccc5c34)cccc2c1. The molecule has 0 saturated heterocycles. The Morgan fingerprint density at radius 3 is 0.821 bits per heavy atom. The largest absolute Gasteiger partial charge is 0.277 e. The second kappa shape index (κ2) is 32.6. The quantitative estimate of drug-likeness (QED) is 0.150. The summed E-state index contributed by atoms with van der Waals surface area (Å²) in [5, 5.41) is 31.9. The first-order valence-corrected chi connectivity index (χ1v) is 53.5. The minimum Gasteiger partial charge on any atom is -0.277 e. The van der Waals surface area contributed by atoms with Crippen molar-refractivity contribution in [2.24, 2.45) is 0 Å². The van der Waals surface area contributed by atoms with Gasteiger partial charge in [0.15, 0.2) is 0 Å². The zero-order valence-electron chi connectivity index (χ0n) is 77.1. The first-order chi connectivity index (χ1) is 72.0. The molecule has 12 aromatic heterocycles. The average molecular weight is 1950 g/mol. The van der Waals surface area contributed by atoms with E-state index in [-0.39, 0.29) is 0 Å². The van der Waals surface area contributed by atoms with Gasteiger partial charge in [0, 0.05) is 188 Å². The fourth-order valence-corrected chi connectivity index (χ4v) is 30.0. The zero-order valence-corrected chi connectivity index (χ0v) is 82.0. The number of para-hydroxylation sites is 3. The molecule has 0 bridgehead atoms. The molecular weight excluding hydrogens is 1880 g/mol. The Morgan fingerprint density at radius 1 is 0.159 bits per heavy atom. The normalized spacial score (nSPS) is 12.1. The third-order valence-electron chi connectivity index (χ3n) is 29.3. The molecule has 0 saturated carbocycles. The fraction of sp³-hybridized carbons (Fsp3) is 0. The van der Waals surface area contributed by atoms with Crippen LogP contribution in [-0.4, -0.2) is 43.6 Å². The van der Waals surface area contributed by atoms with Crippen molar-refractivity contribution in [2.45, 2.75) is 0 Å². The van der Waals surface area contributed by atoms with Crippen molar-refractivity contribution in [2.75, 3.05) is 0 Å². The molecule has 0 aliphatic carbocycles. The molecule has 0 aliphatic rings. The molecule has 21 aromatic carbocycles. The summed E-state index contributed by atoms with van der Waals surface area (Å²) in [6, 6.07) is 159. The lowest BCUT2D eigenvalue weighted by Crippen LogP contribution is -2.03. The average Bonchev–Trinajstić information content (AvgIpc) is 1.54. The summed E-state index contributed by atoms with van der Waals surface area (Å²) in [4.78, 5) is 35.9. The van der Waals surface area contributed by atoms with Crippen molar-refractivity contribution >= 4 is 298 Å². The van der Waals surface area contributed by atoms with Crippen molar-refractivity contribution in [3.05, 3.63) is 443 Å². The minimum atomic E-state index is 0.689. The van der Waals surface area contributed by atoms with Crippen LogP contribution in [0.3, 0.4) is 0 Å². The summed E-state index contributed by atoms with van der Waals surface area (Å²) >= 11 is 10.9. The summed E-state index contributed by atoms with van der Waals surface area (Å²) < 4.78 is 18.5. The van der Waals surface area contributed by atoms with Crippen molar-refractivity contribution in [1.82, 2.24) is 43.6 Å². The molecule has 0 N–H and O–H groups in total. The number of rotatable bonds is 8. The van der Waals surface area contributed by atoms with Gasteiger partial charge in [-0.2, -0.15) is 0 Å². The van der Waals surface area contributed by atoms with Gasteiger partial charge < -0.3 is 0 Å². The molecule has 9 nitrogen and oxygen atoms in total. The Kier molecular flexibility index (Phi) is 18.5. The first-order valence-electron chi connectivity index (χ1n) is 48.6. The van der Waals surface area contributed by atoms with Crippen molar-refractivity contribution in [1.29, 1.82) is 0 Å². The van der Waals surface area contributed by atoms with E-state index in [0.717, 1.165) is 97.5 Å². The lowest BCUT2D eigenvalue weighted by Gasteiger charge is -2.13. The van der Waals surface area contributed by atoms with Crippen LogP contribution in [0.25, 0.3) is 304 Å². The monoisotopic (exact) mass is 1950 g/mol. The Labute approximate surface area is 850 Å². The highest BCUT2D eigenvalue weighted by Gasteiger charge is 2.31. The molecule has 0 radical (unpaired) electrons. The Morgan fingerprint density at radius 2 is 0.421 bits per heavy atom. The summed E-state index contributed by atoms with van der Waals surface area (Å²) in [7, 11) is 0. The maximum atomic E-state index is 5.58. The molecule has 0 amide bonds. The van der Waals surface area contributed by atoms with Gasteiger partial charge in [0.25, 0.3) is 0 Å². The van der Waals surface area contributed by atoms with Gasteiger partial charge in [0.1, 0.15) is 14.5 Å². The Bertz CT molecular complexity index is 11300. The highest BCUT2D eigenvalue weighted by Crippen LogP contribution is 2.55. The van der Waals surface area contributed by atoms with Crippen molar-refractivity contribution in [3.63, 3.8) is 0 Å². The smallest absolute Gasteiger partial charge is 0.236 e. The number of thiophene rings is 6. The van der Waals surface area contributed by atoms with Crippen LogP contribution < -0.4 is 0 Å². The highest BCUT2D eigenvalue weighted by molar-refractivity contribution is 7.28. The predicted molar refractivity (Wildman–Crippen MR) is 624 cm³/mol. The lowest BCUT2D eigenvalue weighted by molar-refractivity contribution is 1.02. The van der Waals surface area contributed by atoms with E-state index in [4.69, 9.17) is 29.9 Å². The third kappa shape index (κ3) is 12.6. The second-order valence-electron chi connectivity index (χ2n) is 37.1. The van der Waals surface area contributed by atoms with Gasteiger partial charge in [-0.25, -0.2) is 29.9 Å². The van der Waals surface area contributed by atoms with Gasteiger partial charge in [-0.3, -0.25) is 13.7 Å². The third-order valence-corrected chi connectivity index (χ3v) is 36.1. The maximum absolute atomic E-state index is 5.58. The van der Waals surface area contributed by atoms with Crippen LogP contribution in [0.1, 0.15) is 0 Å². The van der Waals surface area contributed by atoms with Gasteiger partial charge in [0.05, 0.1) is 50.2 Å². The van der Waals surface area contributed by atoms with E-state index in [1.54, 1.807) is 34.0 Å². The van der Waals surface area contributed by atoms with Gasteiger partial charge >= 0.3 is 0 Å². The second-order valence-corrected chi connectivity index (χ2v) is 43.4. The zero-order chi connectivity index (χ0) is 94.7. The summed E-state index contributed by atoms with van der Waals surface area (Å²) in [5.74, 6) is 2.08. The molecule has 0 fully saturated rings. The van der Waals surface area contributed by atoms with Crippen molar-refractivity contribution < 1.29 is 0 Å². The number of hydrogen-bond acceptors (Lipinski definition) is 12. The van der Waals surface area contributed by atoms with E-state index < -0.39 is 0 Å². The molecule has 0 atom stereocenters. The van der Waals surface area contributed by atoms with Crippen LogP contribution in [0.5, 0.6) is 0 Å². The molecule has 0 spiro atoms. The van der Waals surface area contributed by atoms with Crippen LogP contribution in [0.2, 0.25) is 0 Å². The minimum absolute atomic E-state index is 0.689. The van der Waals surface area contributed by atoms with E-state index in [1.165, 1.54) is 188 Å². The van der Waals surface area contributed by atoms with Gasteiger partial charge in [-0.1, -0.05) is 382 Å². The summed E-state index contributed by atoms with van der Waals surface area (Å²) in [6.07, 6.45) is 0. The number of benzene rings is 21.